The number of hydrogen-bond acceptors (Lipinski definition) is 3. The third-order valence-corrected chi connectivity index (χ3v) is 4.74. The van der Waals surface area contributed by atoms with E-state index in [0.717, 1.165) is 18.4 Å². The van der Waals surface area contributed by atoms with E-state index in [1.807, 2.05) is 0 Å². The van der Waals surface area contributed by atoms with Crippen molar-refractivity contribution in [3.05, 3.63) is 10.1 Å². The molecule has 0 aromatic rings. The Morgan fingerprint density at radius 3 is 2.50 bits per heavy atom. The second-order valence-electron chi connectivity index (χ2n) is 4.44. The molecule has 0 aromatic carbocycles. The first-order valence-electron chi connectivity index (χ1n) is 6.35. The van der Waals surface area contributed by atoms with Crippen molar-refractivity contribution in [1.82, 2.24) is 0 Å². The zero-order chi connectivity index (χ0) is 13.6. The Bertz CT molecular complexity index is 322. The molecule has 0 spiro atoms. The minimum absolute atomic E-state index is 0.333. The highest BCUT2D eigenvalue weighted by Crippen LogP contribution is 2.40. The molecule has 0 aliphatic carbocycles. The monoisotopic (exact) mass is 382 g/mol. The van der Waals surface area contributed by atoms with Crippen LogP contribution in [0.25, 0.3) is 0 Å². The Kier molecular flexibility index (Phi) is 6.88. The van der Waals surface area contributed by atoms with Gasteiger partial charge in [-0.05, 0) is 28.8 Å². The lowest BCUT2D eigenvalue weighted by Crippen LogP contribution is -2.36. The van der Waals surface area contributed by atoms with Crippen LogP contribution in [0.4, 0.5) is 0 Å². The lowest BCUT2D eigenvalue weighted by atomic mass is 10.0. The van der Waals surface area contributed by atoms with Crippen molar-refractivity contribution in [3.8, 4) is 0 Å². The van der Waals surface area contributed by atoms with E-state index in [2.05, 4.69) is 38.8 Å². The van der Waals surface area contributed by atoms with Crippen molar-refractivity contribution in [2.75, 3.05) is 12.4 Å². The molecular formula is C13H20Br2O3. The average Bonchev–Trinajstić information content (AvgIpc) is 2.63. The number of cyclic esters (lactones) is 1. The van der Waals surface area contributed by atoms with Gasteiger partial charge in [0.2, 0.25) is 5.79 Å². The summed E-state index contributed by atoms with van der Waals surface area (Å²) in [4.78, 5) is 11.6. The predicted molar refractivity (Wildman–Crippen MR) is 79.0 cm³/mol. The van der Waals surface area contributed by atoms with Crippen LogP contribution in [-0.4, -0.2) is 24.2 Å². The summed E-state index contributed by atoms with van der Waals surface area (Å²) in [7, 11) is 1.57. The minimum Gasteiger partial charge on any atom is -0.424 e. The van der Waals surface area contributed by atoms with Gasteiger partial charge in [-0.15, -0.1) is 0 Å². The molecule has 18 heavy (non-hydrogen) atoms. The van der Waals surface area contributed by atoms with E-state index in [4.69, 9.17) is 9.47 Å². The molecule has 0 radical (unpaired) electrons. The molecule has 5 heteroatoms. The van der Waals surface area contributed by atoms with E-state index in [-0.39, 0.29) is 5.97 Å². The minimum atomic E-state index is -0.916. The molecule has 1 rings (SSSR count). The summed E-state index contributed by atoms with van der Waals surface area (Å²) in [5.41, 5.74) is 0.920. The second kappa shape index (κ2) is 7.65. The molecule has 1 aliphatic rings. The normalized spacial score (nSPS) is 23.7. The fraction of sp³-hybridized carbons (Fsp3) is 0.769. The molecule has 0 aromatic heterocycles. The van der Waals surface area contributed by atoms with Gasteiger partial charge in [0.1, 0.15) is 4.48 Å². The molecule has 0 bridgehead atoms. The van der Waals surface area contributed by atoms with Crippen LogP contribution >= 0.6 is 31.9 Å². The number of unbranched alkanes of at least 4 members (excludes halogenated alkanes) is 4. The highest BCUT2D eigenvalue weighted by molar-refractivity contribution is 9.12. The molecule has 0 saturated heterocycles. The Balaban J connectivity index is 2.61. The van der Waals surface area contributed by atoms with E-state index >= 15 is 0 Å². The van der Waals surface area contributed by atoms with Gasteiger partial charge in [-0.3, -0.25) is 0 Å². The lowest BCUT2D eigenvalue weighted by Gasteiger charge is -2.27. The first-order valence-corrected chi connectivity index (χ1v) is 8.26. The van der Waals surface area contributed by atoms with Crippen LogP contribution in [-0.2, 0) is 14.3 Å². The lowest BCUT2D eigenvalue weighted by molar-refractivity contribution is -0.183. The first-order chi connectivity index (χ1) is 8.61. The third kappa shape index (κ3) is 3.58. The Morgan fingerprint density at radius 1 is 1.28 bits per heavy atom. The molecule has 1 atom stereocenters. The number of carbonyl (C=O) groups excluding carboxylic acids is 1. The highest BCUT2D eigenvalue weighted by Gasteiger charge is 2.46. The largest absolute Gasteiger partial charge is 0.424 e. The molecule has 0 fully saturated rings. The number of methoxy groups -OCH3 is 1. The van der Waals surface area contributed by atoms with Crippen molar-refractivity contribution in [2.24, 2.45) is 0 Å². The zero-order valence-electron chi connectivity index (χ0n) is 10.9. The van der Waals surface area contributed by atoms with Gasteiger partial charge in [0.25, 0.3) is 0 Å². The van der Waals surface area contributed by atoms with Gasteiger partial charge in [-0.1, -0.05) is 48.5 Å². The smallest absolute Gasteiger partial charge is 0.348 e. The molecule has 1 unspecified atom stereocenters. The van der Waals surface area contributed by atoms with E-state index < -0.39 is 5.79 Å². The van der Waals surface area contributed by atoms with Gasteiger partial charge in [0, 0.05) is 12.7 Å². The number of halogens is 2. The van der Waals surface area contributed by atoms with Gasteiger partial charge in [-0.2, -0.15) is 0 Å². The van der Waals surface area contributed by atoms with Crippen LogP contribution in [0.5, 0.6) is 0 Å². The topological polar surface area (TPSA) is 35.5 Å². The van der Waals surface area contributed by atoms with Crippen molar-refractivity contribution in [1.29, 1.82) is 0 Å². The van der Waals surface area contributed by atoms with Crippen LogP contribution in [0.15, 0.2) is 10.1 Å². The average molecular weight is 384 g/mol. The second-order valence-corrected chi connectivity index (χ2v) is 5.79. The number of esters is 1. The maximum absolute atomic E-state index is 11.6. The molecule has 1 aliphatic heterocycles. The van der Waals surface area contributed by atoms with E-state index in [9.17, 15) is 4.79 Å². The van der Waals surface area contributed by atoms with Crippen molar-refractivity contribution < 1.29 is 14.3 Å². The van der Waals surface area contributed by atoms with Gasteiger partial charge in [0.05, 0.1) is 5.33 Å². The molecule has 0 saturated carbocycles. The standard InChI is InChI=1S/C13H20Br2O3/c1-3-4-5-6-7-8-10-11(15)12(16)18-13(10,9-14)17-2/h3-9H2,1-2H3. The summed E-state index contributed by atoms with van der Waals surface area (Å²) in [6.45, 7) is 2.20. The quantitative estimate of drug-likeness (QED) is 0.356. The maximum Gasteiger partial charge on any atom is 0.348 e. The Labute approximate surface area is 126 Å². The van der Waals surface area contributed by atoms with Gasteiger partial charge in [-0.25, -0.2) is 4.79 Å². The fourth-order valence-corrected chi connectivity index (χ4v) is 3.34. The SMILES string of the molecule is CCCCCCCC1=C(Br)C(=O)OC1(CBr)OC. The molecular weight excluding hydrogens is 364 g/mol. The Hall–Kier alpha value is 0.130. The molecule has 104 valence electrons. The number of carbonyl (C=O) groups is 1. The van der Waals surface area contributed by atoms with E-state index in [0.29, 0.717) is 9.81 Å². The summed E-state index contributed by atoms with van der Waals surface area (Å²) in [6, 6.07) is 0. The van der Waals surface area contributed by atoms with Crippen LogP contribution in [0, 0.1) is 0 Å². The summed E-state index contributed by atoms with van der Waals surface area (Å²) < 4.78 is 11.3. The van der Waals surface area contributed by atoms with Crippen LogP contribution < -0.4 is 0 Å². The molecule has 3 nitrogen and oxygen atoms in total. The van der Waals surface area contributed by atoms with Crippen molar-refractivity contribution >= 4 is 37.8 Å². The van der Waals surface area contributed by atoms with Gasteiger partial charge in [0.15, 0.2) is 0 Å². The van der Waals surface area contributed by atoms with Gasteiger partial charge < -0.3 is 9.47 Å². The van der Waals surface area contributed by atoms with Crippen LogP contribution in [0.2, 0.25) is 0 Å². The first kappa shape index (κ1) is 16.2. The fourth-order valence-electron chi connectivity index (χ4n) is 2.08. The highest BCUT2D eigenvalue weighted by atomic mass is 79.9. The summed E-state index contributed by atoms with van der Waals surface area (Å²) in [6.07, 6.45) is 6.80. The molecule has 0 amide bonds. The molecule has 1 heterocycles. The third-order valence-electron chi connectivity index (χ3n) is 3.20. The zero-order valence-corrected chi connectivity index (χ0v) is 14.1. The number of ether oxygens (including phenoxy) is 2. The summed E-state index contributed by atoms with van der Waals surface area (Å²) in [5.74, 6) is -1.25. The Morgan fingerprint density at radius 2 is 1.94 bits per heavy atom. The molecule has 0 N–H and O–H groups in total. The number of rotatable bonds is 8. The number of hydrogen-bond donors (Lipinski definition) is 0. The van der Waals surface area contributed by atoms with Crippen LogP contribution in [0.3, 0.4) is 0 Å². The predicted octanol–water partition coefficient (Wildman–Crippen LogP) is 4.29. The summed E-state index contributed by atoms with van der Waals surface area (Å²) >= 11 is 6.68. The summed E-state index contributed by atoms with van der Waals surface area (Å²) in [5, 5.41) is 0.460. The van der Waals surface area contributed by atoms with Gasteiger partial charge >= 0.3 is 5.97 Å². The maximum atomic E-state index is 11.6. The van der Waals surface area contributed by atoms with E-state index in [1.54, 1.807) is 7.11 Å². The van der Waals surface area contributed by atoms with Crippen molar-refractivity contribution in [2.45, 2.75) is 51.2 Å². The van der Waals surface area contributed by atoms with E-state index in [1.165, 1.54) is 25.7 Å². The van der Waals surface area contributed by atoms with Crippen molar-refractivity contribution in [3.63, 3.8) is 0 Å². The number of alkyl halides is 1. The van der Waals surface area contributed by atoms with Crippen LogP contribution in [0.1, 0.15) is 45.4 Å².